The van der Waals surface area contributed by atoms with Crippen LogP contribution in [0.1, 0.15) is 0 Å². The topological polar surface area (TPSA) is 257 Å². The van der Waals surface area contributed by atoms with Crippen LogP contribution in [0.4, 0.5) is 17.1 Å². The highest BCUT2D eigenvalue weighted by Gasteiger charge is 2.24. The molecule has 4 rings (SSSR count). The Morgan fingerprint density at radius 1 is 0.775 bits per heavy atom. The van der Waals surface area contributed by atoms with Crippen molar-refractivity contribution in [2.75, 3.05) is 5.73 Å². The molecule has 4 aromatic carbocycles. The third-order valence-electron chi connectivity index (χ3n) is 5.26. The molecule has 0 saturated heterocycles. The monoisotopic (exact) mass is 633 g/mol. The van der Waals surface area contributed by atoms with E-state index in [1.54, 1.807) is 0 Å². The highest BCUT2D eigenvalue weighted by molar-refractivity contribution is 7.95. The summed E-state index contributed by atoms with van der Waals surface area (Å²) in [5, 5.41) is 43.4. The van der Waals surface area contributed by atoms with Crippen molar-refractivity contribution in [3.63, 3.8) is 0 Å². The second kappa shape index (κ2) is 11.8. The van der Waals surface area contributed by atoms with Gasteiger partial charge in [0, 0.05) is 21.5 Å². The lowest BCUT2D eigenvalue weighted by Gasteiger charge is -2.13. The van der Waals surface area contributed by atoms with Gasteiger partial charge in [0.15, 0.2) is 5.75 Å². The lowest BCUT2D eigenvalue weighted by molar-refractivity contribution is -0.432. The molecule has 0 amide bonds. The van der Waals surface area contributed by atoms with Gasteiger partial charge < -0.3 is 10.8 Å². The summed E-state index contributed by atoms with van der Waals surface area (Å²) in [7, 11) is -9.49. The maximum atomic E-state index is 12.0. The van der Waals surface area contributed by atoms with E-state index in [4.69, 9.17) is 16.2 Å². The molecular formula is C20H15N3O13S4. The van der Waals surface area contributed by atoms with Crippen molar-refractivity contribution in [1.82, 2.24) is 0 Å². The normalized spacial score (nSPS) is 12.6. The SMILES string of the molecule is Nc1ccc2c(O)c(N=Nc3ccc4c(S(=O)(=O)O)cccc4c3SOOO)c(SOOO)cc2c1S(=O)(=O)O. The van der Waals surface area contributed by atoms with E-state index >= 15 is 0 Å². The minimum atomic E-state index is -4.86. The van der Waals surface area contributed by atoms with Crippen LogP contribution in [-0.2, 0) is 39.0 Å². The standard InChI is InChI=1S/C20H15N3O13S4/c21-13-6-4-10-12(20(13)40(30,31)32)8-15(37-35-33-25)17(18(10)24)23-22-14-7-5-9-11(19(14)38-36-34-26)2-1-3-16(9)39(27,28)29/h1-8,24-26H,21H2,(H,27,28,29)(H,30,31,32). The molecule has 7 N–H and O–H groups in total. The zero-order chi connectivity index (χ0) is 29.2. The van der Waals surface area contributed by atoms with Crippen LogP contribution >= 0.6 is 24.1 Å². The lowest BCUT2D eigenvalue weighted by Crippen LogP contribution is -2.04. The van der Waals surface area contributed by atoms with Crippen LogP contribution in [0.15, 0.2) is 78.3 Å². The average molecular weight is 634 g/mol. The summed E-state index contributed by atoms with van der Waals surface area (Å²) >= 11 is 0.687. The number of nitrogens with two attached hydrogens (primary N) is 1. The predicted octanol–water partition coefficient (Wildman–Crippen LogP) is 5.05. The van der Waals surface area contributed by atoms with Gasteiger partial charge in [-0.3, -0.25) is 9.11 Å². The van der Waals surface area contributed by atoms with E-state index in [0.717, 1.165) is 18.2 Å². The first-order valence-corrected chi connectivity index (χ1v) is 14.5. The molecule has 0 unspecified atom stereocenters. The fraction of sp³-hybridized carbons (Fsp3) is 0. The van der Waals surface area contributed by atoms with E-state index in [2.05, 4.69) is 29.0 Å². The van der Waals surface area contributed by atoms with Crippen LogP contribution in [0.2, 0.25) is 0 Å². The summed E-state index contributed by atoms with van der Waals surface area (Å²) in [6.45, 7) is 0. The molecule has 4 aromatic rings. The third kappa shape index (κ3) is 5.97. The van der Waals surface area contributed by atoms with Crippen molar-refractivity contribution >= 4 is 82.9 Å². The van der Waals surface area contributed by atoms with E-state index in [9.17, 15) is 31.0 Å². The maximum Gasteiger partial charge on any atom is 0.297 e. The van der Waals surface area contributed by atoms with Crippen molar-refractivity contribution in [2.24, 2.45) is 10.2 Å². The molecule has 0 aromatic heterocycles. The highest BCUT2D eigenvalue weighted by Crippen LogP contribution is 2.47. The quantitative estimate of drug-likeness (QED) is 0.0333. The van der Waals surface area contributed by atoms with Crippen LogP contribution < -0.4 is 5.73 Å². The lowest BCUT2D eigenvalue weighted by atomic mass is 10.1. The maximum absolute atomic E-state index is 12.0. The van der Waals surface area contributed by atoms with Crippen molar-refractivity contribution in [3.05, 3.63) is 48.5 Å². The van der Waals surface area contributed by atoms with Gasteiger partial charge in [-0.1, -0.05) is 28.3 Å². The zero-order valence-electron chi connectivity index (χ0n) is 19.2. The number of benzene rings is 4. The van der Waals surface area contributed by atoms with E-state index in [0.29, 0.717) is 12.0 Å². The van der Waals surface area contributed by atoms with Crippen molar-refractivity contribution < 1.29 is 60.3 Å². The average Bonchev–Trinajstić information content (AvgIpc) is 2.88. The van der Waals surface area contributed by atoms with Crippen molar-refractivity contribution in [2.45, 2.75) is 19.6 Å². The number of nitrogens with zero attached hydrogens (tertiary/aromatic N) is 2. The second-order valence-corrected chi connectivity index (χ2v) is 11.7. The summed E-state index contributed by atoms with van der Waals surface area (Å²) in [5.74, 6) is -0.645. The highest BCUT2D eigenvalue weighted by atomic mass is 32.2. The predicted molar refractivity (Wildman–Crippen MR) is 139 cm³/mol. The van der Waals surface area contributed by atoms with E-state index in [-0.39, 0.29) is 60.4 Å². The molecule has 0 aliphatic carbocycles. The molecule has 40 heavy (non-hydrogen) atoms. The molecule has 16 nitrogen and oxygen atoms in total. The number of rotatable bonds is 10. The molecular weight excluding hydrogens is 618 g/mol. The summed E-state index contributed by atoms with van der Waals surface area (Å²) in [4.78, 5) is -1.26. The molecule has 0 heterocycles. The van der Waals surface area contributed by atoms with E-state index in [1.807, 2.05) is 0 Å². The van der Waals surface area contributed by atoms with Gasteiger partial charge in [-0.25, -0.2) is 10.5 Å². The first-order chi connectivity index (χ1) is 18.9. The largest absolute Gasteiger partial charge is 0.505 e. The van der Waals surface area contributed by atoms with Crippen LogP contribution in [0.5, 0.6) is 5.75 Å². The Balaban J connectivity index is 1.96. The van der Waals surface area contributed by atoms with Gasteiger partial charge in [-0.2, -0.15) is 16.8 Å². The van der Waals surface area contributed by atoms with Gasteiger partial charge in [0.25, 0.3) is 20.2 Å². The number of hydrogen-bond donors (Lipinski definition) is 6. The number of aromatic hydroxyl groups is 1. The first kappa shape index (κ1) is 29.9. The van der Waals surface area contributed by atoms with Crippen molar-refractivity contribution in [1.29, 1.82) is 0 Å². The molecule has 0 fully saturated rings. The van der Waals surface area contributed by atoms with Crippen LogP contribution in [0.3, 0.4) is 0 Å². The number of nitrogen functional groups attached to an aromatic ring is 1. The van der Waals surface area contributed by atoms with Gasteiger partial charge in [-0.05, 0) is 30.3 Å². The number of hydrogen-bond acceptors (Lipinski definition) is 16. The Bertz CT molecular complexity index is 1870. The molecule has 0 atom stereocenters. The van der Waals surface area contributed by atoms with Crippen LogP contribution in [-0.4, -0.2) is 41.6 Å². The second-order valence-electron chi connectivity index (χ2n) is 7.52. The summed E-state index contributed by atoms with van der Waals surface area (Å²) in [6.07, 6.45) is 0. The fourth-order valence-corrected chi connectivity index (χ4v) is 6.31. The Hall–Kier alpha value is -3.12. The van der Waals surface area contributed by atoms with Gasteiger partial charge in [-0.15, -0.1) is 18.9 Å². The van der Waals surface area contributed by atoms with Gasteiger partial charge in [0.1, 0.15) is 21.2 Å². The van der Waals surface area contributed by atoms with Gasteiger partial charge in [0.2, 0.25) is 0 Å². The van der Waals surface area contributed by atoms with Crippen LogP contribution in [0, 0.1) is 0 Å². The minimum absolute atomic E-state index is 0.0206. The summed E-state index contributed by atoms with van der Waals surface area (Å²) in [6, 6.07) is 10.0. The Morgan fingerprint density at radius 3 is 2.10 bits per heavy atom. The Kier molecular flexibility index (Phi) is 8.79. The Morgan fingerprint density at radius 2 is 1.45 bits per heavy atom. The smallest absolute Gasteiger partial charge is 0.297 e. The van der Waals surface area contributed by atoms with Gasteiger partial charge in [0.05, 0.1) is 39.6 Å². The van der Waals surface area contributed by atoms with Crippen LogP contribution in [0.25, 0.3) is 21.5 Å². The third-order valence-corrected chi connectivity index (χ3v) is 8.49. The number of fused-ring (bicyclic) bond motifs is 2. The number of phenols is 1. The molecule has 20 heteroatoms. The Labute approximate surface area is 232 Å². The molecule has 0 spiro atoms. The van der Waals surface area contributed by atoms with E-state index < -0.39 is 35.8 Å². The summed E-state index contributed by atoms with van der Waals surface area (Å²) < 4.78 is 75.8. The molecule has 0 radical (unpaired) electrons. The molecule has 0 aliphatic rings. The first-order valence-electron chi connectivity index (χ1n) is 10.2. The fourth-order valence-electron chi connectivity index (χ4n) is 3.74. The minimum Gasteiger partial charge on any atom is -0.505 e. The number of anilines is 1. The van der Waals surface area contributed by atoms with Gasteiger partial charge >= 0.3 is 0 Å². The molecule has 212 valence electrons. The van der Waals surface area contributed by atoms with E-state index in [1.165, 1.54) is 30.3 Å². The molecule has 0 saturated carbocycles. The number of phenolic OH excluding ortho intramolecular Hbond substituents is 1. The molecule has 0 bridgehead atoms. The zero-order valence-corrected chi connectivity index (χ0v) is 22.5. The molecule has 0 aliphatic heterocycles. The summed E-state index contributed by atoms with van der Waals surface area (Å²) in [5.41, 5.74) is 5.05. The van der Waals surface area contributed by atoms with Crippen molar-refractivity contribution in [3.8, 4) is 5.75 Å². The number of azo groups is 1.